The Morgan fingerprint density at radius 1 is 1.32 bits per heavy atom. The number of benzene rings is 1. The molecule has 0 aliphatic rings. The van der Waals surface area contributed by atoms with Gasteiger partial charge in [0, 0.05) is 17.1 Å². The molecule has 1 amide bonds. The summed E-state index contributed by atoms with van der Waals surface area (Å²) in [5, 5.41) is 2.60. The molecule has 5 nitrogen and oxygen atoms in total. The number of hydrogen-bond donors (Lipinski definition) is 1. The lowest BCUT2D eigenvalue weighted by molar-refractivity contribution is -0.145. The summed E-state index contributed by atoms with van der Waals surface area (Å²) in [5.74, 6) is -0.812. The third kappa shape index (κ3) is 5.15. The van der Waals surface area contributed by atoms with Crippen LogP contribution in [-0.4, -0.2) is 38.7 Å². The molecule has 0 bridgehead atoms. The maximum Gasteiger partial charge on any atom is 0.328 e. The summed E-state index contributed by atoms with van der Waals surface area (Å²) in [6, 6.07) is 6.97. The van der Waals surface area contributed by atoms with Crippen LogP contribution in [0.15, 0.2) is 24.3 Å². The molecule has 6 heteroatoms. The first-order valence-corrected chi connectivity index (χ1v) is 6.76. The molecule has 0 fully saturated rings. The molecule has 1 aromatic carbocycles. The van der Waals surface area contributed by atoms with Crippen LogP contribution >= 0.6 is 22.6 Å². The zero-order valence-corrected chi connectivity index (χ0v) is 13.0. The van der Waals surface area contributed by atoms with E-state index in [9.17, 15) is 9.59 Å². The number of ether oxygens (including phenoxy) is 2. The summed E-state index contributed by atoms with van der Waals surface area (Å²) >= 11 is 2.19. The highest BCUT2D eigenvalue weighted by atomic mass is 127. The Hall–Kier alpha value is -1.15. The Morgan fingerprint density at radius 2 is 2.00 bits per heavy atom. The minimum Gasteiger partial charge on any atom is -0.467 e. The number of methoxy groups -OCH3 is 2. The fourth-order valence-electron chi connectivity index (χ4n) is 1.59. The van der Waals surface area contributed by atoms with Gasteiger partial charge in [0.2, 0.25) is 5.91 Å². The van der Waals surface area contributed by atoms with Crippen LogP contribution in [0.5, 0.6) is 0 Å². The molecule has 0 saturated heterocycles. The van der Waals surface area contributed by atoms with Crippen LogP contribution in [0.25, 0.3) is 0 Å². The summed E-state index contributed by atoms with van der Waals surface area (Å²) in [7, 11) is 2.72. The molecule has 0 aromatic heterocycles. The van der Waals surface area contributed by atoms with Crippen molar-refractivity contribution in [3.05, 3.63) is 33.4 Å². The summed E-state index contributed by atoms with van der Waals surface area (Å²) in [5.41, 5.74) is 0.983. The fourth-order valence-corrected chi connectivity index (χ4v) is 2.19. The number of rotatable bonds is 6. The van der Waals surface area contributed by atoms with Gasteiger partial charge in [0.15, 0.2) is 0 Å². The van der Waals surface area contributed by atoms with Gasteiger partial charge >= 0.3 is 5.97 Å². The van der Waals surface area contributed by atoms with Gasteiger partial charge in [-0.15, -0.1) is 0 Å². The van der Waals surface area contributed by atoms with Gasteiger partial charge in [-0.2, -0.15) is 0 Å². The Kier molecular flexibility index (Phi) is 6.79. The smallest absolute Gasteiger partial charge is 0.328 e. The molecule has 0 radical (unpaired) electrons. The van der Waals surface area contributed by atoms with Crippen LogP contribution in [0.1, 0.15) is 5.56 Å². The Labute approximate surface area is 125 Å². The van der Waals surface area contributed by atoms with E-state index in [4.69, 9.17) is 9.47 Å². The van der Waals surface area contributed by atoms with E-state index in [0.717, 1.165) is 9.13 Å². The van der Waals surface area contributed by atoms with E-state index < -0.39 is 12.0 Å². The summed E-state index contributed by atoms with van der Waals surface area (Å²) in [6.45, 7) is -0.0840. The largest absolute Gasteiger partial charge is 0.467 e. The molecule has 1 aromatic rings. The van der Waals surface area contributed by atoms with Gasteiger partial charge in [-0.1, -0.05) is 18.2 Å². The Morgan fingerprint density at radius 3 is 2.58 bits per heavy atom. The Bertz CT molecular complexity index is 450. The van der Waals surface area contributed by atoms with Crippen molar-refractivity contribution in [3.8, 4) is 0 Å². The number of esters is 1. The van der Waals surface area contributed by atoms with Gasteiger partial charge < -0.3 is 14.8 Å². The van der Waals surface area contributed by atoms with Gasteiger partial charge in [-0.05, 0) is 34.2 Å². The highest BCUT2D eigenvalue weighted by molar-refractivity contribution is 14.1. The molecule has 19 heavy (non-hydrogen) atoms. The number of halogens is 1. The molecule has 104 valence electrons. The molecule has 0 spiro atoms. The number of carbonyl (C=O) groups is 2. The van der Waals surface area contributed by atoms with Crippen LogP contribution in [0, 0.1) is 3.57 Å². The average molecular weight is 377 g/mol. The molecule has 0 aliphatic heterocycles. The zero-order chi connectivity index (χ0) is 14.3. The van der Waals surface area contributed by atoms with E-state index in [1.807, 2.05) is 24.3 Å². The first kappa shape index (κ1) is 15.9. The minimum atomic E-state index is -0.705. The quantitative estimate of drug-likeness (QED) is 0.597. The highest BCUT2D eigenvalue weighted by Gasteiger charge is 2.22. The van der Waals surface area contributed by atoms with Crippen molar-refractivity contribution in [1.29, 1.82) is 0 Å². The van der Waals surface area contributed by atoms with Gasteiger partial charge in [0.05, 0.1) is 7.11 Å². The van der Waals surface area contributed by atoms with Gasteiger partial charge in [-0.25, -0.2) is 4.79 Å². The number of nitrogens with one attached hydrogen (secondary N) is 1. The molecule has 0 saturated carbocycles. The maximum atomic E-state index is 11.7. The monoisotopic (exact) mass is 377 g/mol. The second kappa shape index (κ2) is 8.11. The molecule has 1 N–H and O–H groups in total. The van der Waals surface area contributed by atoms with Crippen molar-refractivity contribution < 1.29 is 19.1 Å². The lowest BCUT2D eigenvalue weighted by Crippen LogP contribution is -2.44. The van der Waals surface area contributed by atoms with E-state index in [2.05, 4.69) is 27.9 Å². The molecular formula is C13H16INO4. The summed E-state index contributed by atoms with van der Waals surface area (Å²) in [6.07, 6.45) is 0.390. The predicted octanol–water partition coefficient (Wildman–Crippen LogP) is 1.14. The molecule has 1 atom stereocenters. The lowest BCUT2D eigenvalue weighted by Gasteiger charge is -2.17. The lowest BCUT2D eigenvalue weighted by atomic mass is 10.1. The first-order valence-electron chi connectivity index (χ1n) is 5.68. The number of carbonyl (C=O) groups excluding carboxylic acids is 2. The van der Waals surface area contributed by atoms with Crippen LogP contribution in [0.2, 0.25) is 0 Å². The molecule has 0 heterocycles. The standard InChI is InChI=1S/C13H16INO4/c1-18-8-12(16)15-11(13(17)19-2)7-9-5-3-4-6-10(9)14/h3-6,11H,7-8H2,1-2H3,(H,15,16)/t11-/m0/s1. The third-order valence-electron chi connectivity index (χ3n) is 2.48. The van der Waals surface area contributed by atoms with Crippen molar-refractivity contribution in [2.24, 2.45) is 0 Å². The van der Waals surface area contributed by atoms with Crippen molar-refractivity contribution >= 4 is 34.5 Å². The van der Waals surface area contributed by atoms with E-state index in [1.54, 1.807) is 0 Å². The highest BCUT2D eigenvalue weighted by Crippen LogP contribution is 2.14. The van der Waals surface area contributed by atoms with E-state index >= 15 is 0 Å². The topological polar surface area (TPSA) is 64.6 Å². The Balaban J connectivity index is 2.78. The van der Waals surface area contributed by atoms with E-state index in [-0.39, 0.29) is 12.5 Å². The second-order valence-electron chi connectivity index (χ2n) is 3.87. The third-order valence-corrected chi connectivity index (χ3v) is 3.53. The minimum absolute atomic E-state index is 0.0840. The molecule has 1 rings (SSSR count). The van der Waals surface area contributed by atoms with Gasteiger partial charge in [0.1, 0.15) is 12.6 Å². The zero-order valence-electron chi connectivity index (χ0n) is 10.8. The van der Waals surface area contributed by atoms with Crippen molar-refractivity contribution in [2.45, 2.75) is 12.5 Å². The van der Waals surface area contributed by atoms with Crippen LogP contribution in [0.3, 0.4) is 0 Å². The fraction of sp³-hybridized carbons (Fsp3) is 0.385. The second-order valence-corrected chi connectivity index (χ2v) is 5.03. The van der Waals surface area contributed by atoms with Gasteiger partial charge in [0.25, 0.3) is 0 Å². The molecule has 0 unspecified atom stereocenters. The first-order chi connectivity index (χ1) is 9.08. The van der Waals surface area contributed by atoms with E-state index in [1.165, 1.54) is 14.2 Å². The van der Waals surface area contributed by atoms with E-state index in [0.29, 0.717) is 6.42 Å². The summed E-state index contributed by atoms with van der Waals surface area (Å²) in [4.78, 5) is 23.2. The maximum absolute atomic E-state index is 11.7. The van der Waals surface area contributed by atoms with Crippen LogP contribution in [-0.2, 0) is 25.5 Å². The predicted molar refractivity (Wildman–Crippen MR) is 78.7 cm³/mol. The number of hydrogen-bond acceptors (Lipinski definition) is 4. The summed E-state index contributed by atoms with van der Waals surface area (Å²) < 4.78 is 10.5. The molecular weight excluding hydrogens is 361 g/mol. The van der Waals surface area contributed by atoms with Crippen molar-refractivity contribution in [1.82, 2.24) is 5.32 Å². The average Bonchev–Trinajstić information content (AvgIpc) is 2.39. The normalized spacial score (nSPS) is 11.7. The number of amides is 1. The van der Waals surface area contributed by atoms with Gasteiger partial charge in [-0.3, -0.25) is 4.79 Å². The van der Waals surface area contributed by atoms with Crippen molar-refractivity contribution in [3.63, 3.8) is 0 Å². The molecule has 0 aliphatic carbocycles. The van der Waals surface area contributed by atoms with Crippen molar-refractivity contribution in [2.75, 3.05) is 20.8 Å². The van der Waals surface area contributed by atoms with Crippen LogP contribution in [0.4, 0.5) is 0 Å². The SMILES string of the molecule is COCC(=O)N[C@@H](Cc1ccccc1I)C(=O)OC. The van der Waals surface area contributed by atoms with Crippen LogP contribution < -0.4 is 5.32 Å².